The van der Waals surface area contributed by atoms with E-state index in [9.17, 15) is 4.79 Å². The van der Waals surface area contributed by atoms with Crippen molar-refractivity contribution in [1.82, 2.24) is 14.5 Å². The minimum atomic E-state index is -0.905. The lowest BCUT2D eigenvalue weighted by atomic mass is 10.2. The first kappa shape index (κ1) is 13.7. The van der Waals surface area contributed by atoms with Crippen molar-refractivity contribution in [3.05, 3.63) is 29.6 Å². The van der Waals surface area contributed by atoms with E-state index >= 15 is 0 Å². The number of carbonyl (C=O) groups is 1. The highest BCUT2D eigenvalue weighted by Crippen LogP contribution is 2.39. The van der Waals surface area contributed by atoms with Gasteiger partial charge >= 0.3 is 5.97 Å². The van der Waals surface area contributed by atoms with Crippen molar-refractivity contribution >= 4 is 17.0 Å². The van der Waals surface area contributed by atoms with E-state index in [1.807, 2.05) is 6.07 Å². The zero-order chi connectivity index (χ0) is 15.1. The first-order valence-corrected chi connectivity index (χ1v) is 7.76. The lowest BCUT2D eigenvalue weighted by Crippen LogP contribution is -2.36. The number of ether oxygens (including phenoxy) is 1. The molecule has 116 valence electrons. The third-order valence-electron chi connectivity index (χ3n) is 4.39. The van der Waals surface area contributed by atoms with Gasteiger partial charge in [0, 0.05) is 19.1 Å². The molecule has 0 unspecified atom stereocenters. The van der Waals surface area contributed by atoms with E-state index in [-0.39, 0.29) is 0 Å². The van der Waals surface area contributed by atoms with Gasteiger partial charge in [0.2, 0.25) is 0 Å². The molecule has 22 heavy (non-hydrogen) atoms. The number of carboxylic acid groups (broad SMARTS) is 1. The van der Waals surface area contributed by atoms with Gasteiger partial charge in [-0.05, 0) is 31.0 Å². The number of benzene rings is 1. The molecule has 2 aliphatic rings. The predicted octanol–water partition coefficient (Wildman–Crippen LogP) is 1.90. The van der Waals surface area contributed by atoms with Crippen LogP contribution in [0.15, 0.2) is 18.2 Å². The molecule has 0 bridgehead atoms. The Labute approximate surface area is 128 Å². The molecule has 0 radical (unpaired) electrons. The quantitative estimate of drug-likeness (QED) is 0.934. The molecule has 1 saturated carbocycles. The van der Waals surface area contributed by atoms with Crippen LogP contribution in [-0.4, -0.2) is 51.8 Å². The highest BCUT2D eigenvalue weighted by molar-refractivity contribution is 5.92. The maximum absolute atomic E-state index is 11.1. The van der Waals surface area contributed by atoms with Crippen LogP contribution in [0.5, 0.6) is 0 Å². The molecule has 1 aliphatic carbocycles. The number of hydrogen-bond acceptors (Lipinski definition) is 4. The monoisotopic (exact) mass is 301 g/mol. The highest BCUT2D eigenvalue weighted by atomic mass is 16.5. The summed E-state index contributed by atoms with van der Waals surface area (Å²) in [6.07, 6.45) is 2.37. The number of hydrogen-bond donors (Lipinski definition) is 1. The molecule has 1 aliphatic heterocycles. The smallest absolute Gasteiger partial charge is 0.335 e. The van der Waals surface area contributed by atoms with Gasteiger partial charge in [0.05, 0.1) is 36.4 Å². The van der Waals surface area contributed by atoms with Crippen molar-refractivity contribution in [2.24, 2.45) is 0 Å². The maximum Gasteiger partial charge on any atom is 0.335 e. The minimum absolute atomic E-state index is 0.297. The number of nitrogens with zero attached hydrogens (tertiary/aromatic N) is 3. The first-order valence-electron chi connectivity index (χ1n) is 7.76. The van der Waals surface area contributed by atoms with E-state index in [4.69, 9.17) is 14.8 Å². The summed E-state index contributed by atoms with van der Waals surface area (Å²) in [7, 11) is 0. The number of morpholine rings is 1. The average molecular weight is 301 g/mol. The van der Waals surface area contributed by atoms with E-state index in [1.165, 1.54) is 12.8 Å². The average Bonchev–Trinajstić information content (AvgIpc) is 3.29. The number of aromatic carboxylic acids is 1. The van der Waals surface area contributed by atoms with Crippen molar-refractivity contribution in [3.63, 3.8) is 0 Å². The van der Waals surface area contributed by atoms with E-state index in [0.29, 0.717) is 11.6 Å². The fourth-order valence-electron chi connectivity index (χ4n) is 3.09. The maximum atomic E-state index is 11.1. The molecular formula is C16H19N3O3. The Balaban J connectivity index is 1.72. The SMILES string of the molecule is O=C(O)c1ccc2c(c1)nc(CN1CCOCC1)n2C1CC1. The summed E-state index contributed by atoms with van der Waals surface area (Å²) >= 11 is 0. The zero-order valence-corrected chi connectivity index (χ0v) is 12.4. The molecule has 2 aromatic rings. The van der Waals surface area contributed by atoms with Crippen LogP contribution in [0.2, 0.25) is 0 Å². The van der Waals surface area contributed by atoms with Crippen LogP contribution in [0.25, 0.3) is 11.0 Å². The molecule has 1 aromatic heterocycles. The molecule has 0 amide bonds. The molecule has 1 aromatic carbocycles. The summed E-state index contributed by atoms with van der Waals surface area (Å²) in [6.45, 7) is 4.19. The molecular weight excluding hydrogens is 282 g/mol. The van der Waals surface area contributed by atoms with E-state index in [2.05, 4.69) is 9.47 Å². The second-order valence-electron chi connectivity index (χ2n) is 6.03. The van der Waals surface area contributed by atoms with Gasteiger partial charge in [0.15, 0.2) is 0 Å². The second-order valence-corrected chi connectivity index (χ2v) is 6.03. The summed E-state index contributed by atoms with van der Waals surface area (Å²) in [5, 5.41) is 9.15. The fraction of sp³-hybridized carbons (Fsp3) is 0.500. The number of aromatic nitrogens is 2. The standard InChI is InChI=1S/C16H19N3O3/c20-16(21)11-1-4-14-13(9-11)17-15(19(14)12-2-3-12)10-18-5-7-22-8-6-18/h1,4,9,12H,2-3,5-8,10H2,(H,20,21). The van der Waals surface area contributed by atoms with Gasteiger partial charge in [-0.25, -0.2) is 9.78 Å². The molecule has 2 fully saturated rings. The summed E-state index contributed by atoms with van der Waals surface area (Å²) in [5.41, 5.74) is 2.14. The van der Waals surface area contributed by atoms with Gasteiger partial charge in [-0.1, -0.05) is 0 Å². The summed E-state index contributed by atoms with van der Waals surface area (Å²) < 4.78 is 7.70. The Hall–Kier alpha value is -1.92. The largest absolute Gasteiger partial charge is 0.478 e. The number of fused-ring (bicyclic) bond motifs is 1. The number of carboxylic acids is 1. The van der Waals surface area contributed by atoms with Crippen molar-refractivity contribution in [2.75, 3.05) is 26.3 Å². The topological polar surface area (TPSA) is 67.6 Å². The Kier molecular flexibility index (Phi) is 3.35. The molecule has 1 saturated heterocycles. The van der Waals surface area contributed by atoms with Gasteiger partial charge in [0.1, 0.15) is 5.82 Å². The van der Waals surface area contributed by atoms with Crippen LogP contribution in [-0.2, 0) is 11.3 Å². The Morgan fingerprint density at radius 3 is 2.77 bits per heavy atom. The lowest BCUT2D eigenvalue weighted by Gasteiger charge is -2.26. The van der Waals surface area contributed by atoms with Crippen molar-refractivity contribution in [1.29, 1.82) is 0 Å². The Morgan fingerprint density at radius 1 is 1.32 bits per heavy atom. The molecule has 2 heterocycles. The fourth-order valence-corrected chi connectivity index (χ4v) is 3.09. The summed E-state index contributed by atoms with van der Waals surface area (Å²) in [4.78, 5) is 18.2. The Morgan fingerprint density at radius 2 is 2.09 bits per heavy atom. The number of rotatable bonds is 4. The zero-order valence-electron chi connectivity index (χ0n) is 12.4. The van der Waals surface area contributed by atoms with Gasteiger partial charge in [-0.3, -0.25) is 4.90 Å². The molecule has 6 heteroatoms. The first-order chi connectivity index (χ1) is 10.7. The van der Waals surface area contributed by atoms with Gasteiger partial charge in [-0.15, -0.1) is 0 Å². The molecule has 0 atom stereocenters. The van der Waals surface area contributed by atoms with E-state index in [0.717, 1.165) is 49.7 Å². The van der Waals surface area contributed by atoms with Crippen LogP contribution < -0.4 is 0 Å². The van der Waals surface area contributed by atoms with Crippen LogP contribution in [0, 0.1) is 0 Å². The van der Waals surface area contributed by atoms with Gasteiger partial charge in [-0.2, -0.15) is 0 Å². The third kappa shape index (κ3) is 2.48. The minimum Gasteiger partial charge on any atom is -0.478 e. The normalized spacial score (nSPS) is 19.6. The van der Waals surface area contributed by atoms with Gasteiger partial charge in [0.25, 0.3) is 0 Å². The third-order valence-corrected chi connectivity index (χ3v) is 4.39. The van der Waals surface area contributed by atoms with Crippen molar-refractivity contribution < 1.29 is 14.6 Å². The summed E-state index contributed by atoms with van der Waals surface area (Å²) in [6, 6.07) is 5.77. The van der Waals surface area contributed by atoms with Crippen LogP contribution in [0.4, 0.5) is 0 Å². The van der Waals surface area contributed by atoms with Crippen LogP contribution in [0.3, 0.4) is 0 Å². The highest BCUT2D eigenvalue weighted by Gasteiger charge is 2.29. The van der Waals surface area contributed by atoms with Crippen molar-refractivity contribution in [2.45, 2.75) is 25.4 Å². The molecule has 4 rings (SSSR count). The van der Waals surface area contributed by atoms with Crippen molar-refractivity contribution in [3.8, 4) is 0 Å². The van der Waals surface area contributed by atoms with Crippen LogP contribution in [0.1, 0.15) is 35.1 Å². The van der Waals surface area contributed by atoms with Gasteiger partial charge < -0.3 is 14.4 Å². The molecule has 6 nitrogen and oxygen atoms in total. The molecule has 1 N–H and O–H groups in total. The lowest BCUT2D eigenvalue weighted by molar-refractivity contribution is 0.0326. The van der Waals surface area contributed by atoms with E-state index < -0.39 is 5.97 Å². The summed E-state index contributed by atoms with van der Waals surface area (Å²) in [5.74, 6) is 0.138. The van der Waals surface area contributed by atoms with Crippen LogP contribution >= 0.6 is 0 Å². The molecule has 0 spiro atoms. The second kappa shape index (κ2) is 5.37. The predicted molar refractivity (Wildman–Crippen MR) is 81.1 cm³/mol. The number of imidazole rings is 1. The van der Waals surface area contributed by atoms with E-state index in [1.54, 1.807) is 12.1 Å². The Bertz CT molecular complexity index is 715.